The first-order valence-corrected chi connectivity index (χ1v) is 9.31. The molecule has 2 aromatic rings. The predicted octanol–water partition coefficient (Wildman–Crippen LogP) is 2.08. The second kappa shape index (κ2) is 6.44. The smallest absolute Gasteiger partial charge is 0.341 e. The average Bonchev–Trinajstić information content (AvgIpc) is 3.47. The molecule has 1 saturated heterocycles. The zero-order valence-corrected chi connectivity index (χ0v) is 15.6. The molecule has 7 nitrogen and oxygen atoms in total. The molecule has 4 N–H and O–H groups in total. The molecule has 0 amide bonds. The standard InChI is InChI=1S/C19H22F2N4O3/c1-8-6-24(9(2)5-23-8)17-13(20)15(22)12-16(14(17)21)25(10-3-4-10)7-11(18(12)26)19(27)28/h7-10,23H,3-6,22H2,1-2H3,(H,27,28)/t8-,9+/m0/s1. The molecule has 0 bridgehead atoms. The zero-order valence-electron chi connectivity index (χ0n) is 15.6. The van der Waals surface area contributed by atoms with Crippen LogP contribution < -0.4 is 21.4 Å². The Hall–Kier alpha value is -2.68. The van der Waals surface area contributed by atoms with E-state index in [4.69, 9.17) is 5.73 Å². The molecule has 0 spiro atoms. The number of pyridine rings is 1. The molecular formula is C19H22F2N4O3. The van der Waals surface area contributed by atoms with Gasteiger partial charge in [-0.15, -0.1) is 0 Å². The number of aromatic nitrogens is 1. The highest BCUT2D eigenvalue weighted by Gasteiger charge is 2.35. The minimum atomic E-state index is -1.45. The molecule has 150 valence electrons. The maximum atomic E-state index is 15.7. The number of carboxylic acid groups (broad SMARTS) is 1. The fourth-order valence-electron chi connectivity index (χ4n) is 3.93. The third-order valence-corrected chi connectivity index (χ3v) is 5.59. The lowest BCUT2D eigenvalue weighted by atomic mass is 10.0. The summed E-state index contributed by atoms with van der Waals surface area (Å²) in [6.45, 7) is 4.68. The maximum Gasteiger partial charge on any atom is 0.341 e. The van der Waals surface area contributed by atoms with Crippen LogP contribution in [0.5, 0.6) is 0 Å². The highest BCUT2D eigenvalue weighted by Crippen LogP contribution is 2.42. The molecule has 2 atom stereocenters. The van der Waals surface area contributed by atoms with Gasteiger partial charge in [-0.3, -0.25) is 4.79 Å². The highest BCUT2D eigenvalue weighted by atomic mass is 19.1. The van der Waals surface area contributed by atoms with Crippen molar-refractivity contribution in [2.45, 2.75) is 44.8 Å². The van der Waals surface area contributed by atoms with Gasteiger partial charge in [-0.05, 0) is 26.7 Å². The third-order valence-electron chi connectivity index (χ3n) is 5.59. The maximum absolute atomic E-state index is 15.7. The van der Waals surface area contributed by atoms with Crippen LogP contribution >= 0.6 is 0 Å². The van der Waals surface area contributed by atoms with E-state index in [1.807, 2.05) is 13.8 Å². The minimum Gasteiger partial charge on any atom is -0.477 e. The number of nitrogens with two attached hydrogens (primary N) is 1. The van der Waals surface area contributed by atoms with E-state index in [1.165, 1.54) is 4.57 Å². The number of anilines is 2. The van der Waals surface area contributed by atoms with Gasteiger partial charge >= 0.3 is 5.97 Å². The summed E-state index contributed by atoms with van der Waals surface area (Å²) in [4.78, 5) is 25.8. The van der Waals surface area contributed by atoms with Gasteiger partial charge in [0.15, 0.2) is 11.6 Å². The molecule has 1 aromatic heterocycles. The van der Waals surface area contributed by atoms with E-state index in [2.05, 4.69) is 5.32 Å². The first-order chi connectivity index (χ1) is 13.2. The molecule has 2 aliphatic rings. The quantitative estimate of drug-likeness (QED) is 0.692. The Kier molecular flexibility index (Phi) is 4.29. The summed E-state index contributed by atoms with van der Waals surface area (Å²) in [6, 6.07) is -0.295. The van der Waals surface area contributed by atoms with E-state index >= 15 is 8.78 Å². The van der Waals surface area contributed by atoms with E-state index in [-0.39, 0.29) is 29.3 Å². The number of aromatic carboxylic acids is 1. The van der Waals surface area contributed by atoms with Crippen LogP contribution in [0.3, 0.4) is 0 Å². The molecule has 28 heavy (non-hydrogen) atoms. The van der Waals surface area contributed by atoms with Crippen LogP contribution in [0.4, 0.5) is 20.2 Å². The normalized spacial score (nSPS) is 22.6. The lowest BCUT2D eigenvalue weighted by Gasteiger charge is -2.39. The number of carboxylic acids is 1. The number of rotatable bonds is 3. The Balaban J connectivity index is 2.07. The Morgan fingerprint density at radius 2 is 1.96 bits per heavy atom. The topological polar surface area (TPSA) is 101 Å². The van der Waals surface area contributed by atoms with Crippen molar-refractivity contribution in [3.05, 3.63) is 33.6 Å². The van der Waals surface area contributed by atoms with E-state index < -0.39 is 39.7 Å². The second-order valence-corrected chi connectivity index (χ2v) is 7.74. The predicted molar refractivity (Wildman–Crippen MR) is 102 cm³/mol. The van der Waals surface area contributed by atoms with E-state index in [9.17, 15) is 14.7 Å². The van der Waals surface area contributed by atoms with Crippen LogP contribution in [0.25, 0.3) is 10.9 Å². The number of hydrogen-bond donors (Lipinski definition) is 3. The van der Waals surface area contributed by atoms with Gasteiger partial charge in [0, 0.05) is 37.4 Å². The molecule has 0 unspecified atom stereocenters. The summed E-state index contributed by atoms with van der Waals surface area (Å²) in [6.07, 6.45) is 2.60. The van der Waals surface area contributed by atoms with Crippen LogP contribution in [0.15, 0.2) is 11.0 Å². The molecule has 1 saturated carbocycles. The number of benzene rings is 1. The monoisotopic (exact) mass is 392 g/mol. The summed E-state index contributed by atoms with van der Waals surface area (Å²) in [7, 11) is 0. The average molecular weight is 392 g/mol. The molecule has 1 aliphatic carbocycles. The number of halogens is 2. The van der Waals surface area contributed by atoms with Crippen molar-refractivity contribution >= 4 is 28.2 Å². The van der Waals surface area contributed by atoms with E-state index in [1.54, 1.807) is 4.90 Å². The number of fused-ring (bicyclic) bond motifs is 1. The summed E-state index contributed by atoms with van der Waals surface area (Å²) in [5.74, 6) is -3.34. The number of nitrogen functional groups attached to an aromatic ring is 1. The van der Waals surface area contributed by atoms with Gasteiger partial charge < -0.3 is 25.6 Å². The van der Waals surface area contributed by atoms with Gasteiger partial charge in [-0.2, -0.15) is 0 Å². The van der Waals surface area contributed by atoms with Crippen LogP contribution in [-0.4, -0.2) is 40.8 Å². The fraction of sp³-hybridized carbons (Fsp3) is 0.474. The molecule has 4 rings (SSSR count). The van der Waals surface area contributed by atoms with Crippen LogP contribution in [0, 0.1) is 11.6 Å². The van der Waals surface area contributed by atoms with Gasteiger partial charge in [-0.25, -0.2) is 13.6 Å². The van der Waals surface area contributed by atoms with Crippen LogP contribution in [0.1, 0.15) is 43.1 Å². The number of carbonyl (C=O) groups is 1. The Morgan fingerprint density at radius 1 is 1.29 bits per heavy atom. The number of nitrogens with zero attached hydrogens (tertiary/aromatic N) is 2. The first kappa shape index (κ1) is 18.7. The number of piperazine rings is 1. The molecular weight excluding hydrogens is 370 g/mol. The van der Waals surface area contributed by atoms with Crippen molar-refractivity contribution in [3.63, 3.8) is 0 Å². The van der Waals surface area contributed by atoms with Crippen LogP contribution in [0.2, 0.25) is 0 Å². The van der Waals surface area contributed by atoms with Gasteiger partial charge in [0.2, 0.25) is 5.43 Å². The summed E-state index contributed by atoms with van der Waals surface area (Å²) in [5.41, 5.74) is 3.55. The van der Waals surface area contributed by atoms with Crippen molar-refractivity contribution < 1.29 is 18.7 Å². The first-order valence-electron chi connectivity index (χ1n) is 9.31. The second-order valence-electron chi connectivity index (χ2n) is 7.74. The largest absolute Gasteiger partial charge is 0.477 e. The molecule has 1 aromatic carbocycles. The van der Waals surface area contributed by atoms with Gasteiger partial charge in [0.05, 0.1) is 16.6 Å². The van der Waals surface area contributed by atoms with Crippen molar-refractivity contribution in [3.8, 4) is 0 Å². The van der Waals surface area contributed by atoms with E-state index in [0.29, 0.717) is 13.1 Å². The highest BCUT2D eigenvalue weighted by molar-refractivity contribution is 5.99. The molecule has 0 radical (unpaired) electrons. The molecule has 2 fully saturated rings. The lowest BCUT2D eigenvalue weighted by molar-refractivity contribution is 0.0695. The zero-order chi connectivity index (χ0) is 20.3. The Labute approximate surface area is 159 Å². The molecule has 9 heteroatoms. The number of hydrogen-bond acceptors (Lipinski definition) is 5. The Bertz CT molecular complexity index is 1050. The minimum absolute atomic E-state index is 0.0203. The van der Waals surface area contributed by atoms with Crippen molar-refractivity contribution in [2.75, 3.05) is 23.7 Å². The summed E-state index contributed by atoms with van der Waals surface area (Å²) >= 11 is 0. The lowest BCUT2D eigenvalue weighted by Crippen LogP contribution is -2.55. The summed E-state index contributed by atoms with van der Waals surface area (Å²) < 4.78 is 32.3. The van der Waals surface area contributed by atoms with Crippen LogP contribution in [-0.2, 0) is 0 Å². The number of nitrogens with one attached hydrogen (secondary N) is 1. The van der Waals surface area contributed by atoms with Crippen molar-refractivity contribution in [1.29, 1.82) is 0 Å². The van der Waals surface area contributed by atoms with E-state index in [0.717, 1.165) is 19.0 Å². The SMILES string of the molecule is C[C@@H]1CN[C@@H](C)CN1c1c(F)c(N)c2c(=O)c(C(=O)O)cn(C3CC3)c2c1F. The van der Waals surface area contributed by atoms with Gasteiger partial charge in [0.1, 0.15) is 11.3 Å². The fourth-order valence-corrected chi connectivity index (χ4v) is 3.93. The Morgan fingerprint density at radius 3 is 2.57 bits per heavy atom. The summed E-state index contributed by atoms with van der Waals surface area (Å²) in [5, 5.41) is 12.2. The molecule has 2 heterocycles. The molecule has 1 aliphatic heterocycles. The van der Waals surface area contributed by atoms with Crippen molar-refractivity contribution in [1.82, 2.24) is 9.88 Å². The van der Waals surface area contributed by atoms with Gasteiger partial charge in [-0.1, -0.05) is 0 Å². The van der Waals surface area contributed by atoms with Gasteiger partial charge in [0.25, 0.3) is 0 Å². The van der Waals surface area contributed by atoms with Crippen molar-refractivity contribution in [2.24, 2.45) is 0 Å². The third kappa shape index (κ3) is 2.72.